The van der Waals surface area contributed by atoms with Crippen molar-refractivity contribution in [2.75, 3.05) is 18.4 Å². The minimum absolute atomic E-state index is 0.0372. The van der Waals surface area contributed by atoms with Gasteiger partial charge in [0.15, 0.2) is 6.10 Å². The fraction of sp³-hybridized carbons (Fsp3) is 0.471. The normalized spacial score (nSPS) is 15.9. The quantitative estimate of drug-likeness (QED) is 0.727. The molecule has 10 heteroatoms. The van der Waals surface area contributed by atoms with Crippen LogP contribution in [-0.4, -0.2) is 48.6 Å². The van der Waals surface area contributed by atoms with Crippen molar-refractivity contribution in [3.8, 4) is 5.75 Å². The summed E-state index contributed by atoms with van der Waals surface area (Å²) in [5.74, 6) is -1.51. The second kappa shape index (κ2) is 9.15. The van der Waals surface area contributed by atoms with Crippen LogP contribution < -0.4 is 15.8 Å². The number of amides is 3. The Morgan fingerprint density at radius 1 is 1.19 bits per heavy atom. The third-order valence-electron chi connectivity index (χ3n) is 4.15. The highest BCUT2D eigenvalue weighted by atomic mass is 19.3. The second-order valence-corrected chi connectivity index (χ2v) is 6.07. The number of nitrogens with two attached hydrogens (primary N) is 1. The van der Waals surface area contributed by atoms with E-state index in [0.29, 0.717) is 31.6 Å². The number of nitrogens with zero attached hydrogens (tertiary/aromatic N) is 1. The minimum Gasteiger partial charge on any atom is -0.452 e. The van der Waals surface area contributed by atoms with E-state index in [0.717, 1.165) is 0 Å². The molecule has 3 N–H and O–H groups in total. The van der Waals surface area contributed by atoms with Gasteiger partial charge in [-0.15, -0.1) is 0 Å². The van der Waals surface area contributed by atoms with E-state index in [4.69, 9.17) is 10.5 Å². The maximum atomic E-state index is 12.2. The molecule has 148 valence electrons. The van der Waals surface area contributed by atoms with Gasteiger partial charge in [0.05, 0.1) is 5.92 Å². The lowest BCUT2D eigenvalue weighted by atomic mass is 9.97. The molecule has 2 rings (SSSR count). The molecule has 8 nitrogen and oxygen atoms in total. The molecule has 1 aliphatic rings. The van der Waals surface area contributed by atoms with Crippen LogP contribution in [0.5, 0.6) is 5.75 Å². The molecule has 0 aromatic heterocycles. The van der Waals surface area contributed by atoms with E-state index in [1.54, 1.807) is 0 Å². The number of nitrogens with one attached hydrogen (secondary N) is 1. The number of primary amides is 1. The first-order valence-electron chi connectivity index (χ1n) is 8.37. The molecule has 1 aliphatic heterocycles. The summed E-state index contributed by atoms with van der Waals surface area (Å²) in [5, 5.41) is 2.52. The number of esters is 1. The largest absolute Gasteiger partial charge is 0.452 e. The number of alkyl halides is 2. The van der Waals surface area contributed by atoms with Crippen molar-refractivity contribution < 1.29 is 32.6 Å². The van der Waals surface area contributed by atoms with Crippen molar-refractivity contribution >= 4 is 23.6 Å². The molecule has 0 spiro atoms. The molecule has 0 aliphatic carbocycles. The molecule has 1 fully saturated rings. The standard InChI is InChI=1S/C17H21F2N3O5/c1-10(26-15(24)11-6-8-22(9-7-11)17(20)25)14(23)21-12-2-4-13(5-3-12)27-16(18)19/h2-5,10-11,16H,6-9H2,1H3,(H2,20,25)(H,21,23)/t10-/m0/s1. The summed E-state index contributed by atoms with van der Waals surface area (Å²) in [4.78, 5) is 36.8. The number of likely N-dealkylation sites (tertiary alicyclic amines) is 1. The predicted octanol–water partition coefficient (Wildman–Crippen LogP) is 1.95. The van der Waals surface area contributed by atoms with Crippen LogP contribution >= 0.6 is 0 Å². The highest BCUT2D eigenvalue weighted by Crippen LogP contribution is 2.20. The second-order valence-electron chi connectivity index (χ2n) is 6.07. The summed E-state index contributed by atoms with van der Waals surface area (Å²) in [7, 11) is 0. The van der Waals surface area contributed by atoms with Crippen LogP contribution in [0.15, 0.2) is 24.3 Å². The average Bonchev–Trinajstić information content (AvgIpc) is 2.62. The Morgan fingerprint density at radius 3 is 2.30 bits per heavy atom. The summed E-state index contributed by atoms with van der Waals surface area (Å²) in [6.45, 7) is -0.773. The number of hydrogen-bond donors (Lipinski definition) is 2. The number of piperidine rings is 1. The zero-order valence-corrected chi connectivity index (χ0v) is 14.7. The van der Waals surface area contributed by atoms with Gasteiger partial charge in [0.1, 0.15) is 5.75 Å². The zero-order chi connectivity index (χ0) is 20.0. The number of urea groups is 1. The molecule has 1 heterocycles. The Balaban J connectivity index is 1.81. The van der Waals surface area contributed by atoms with Crippen molar-refractivity contribution in [3.05, 3.63) is 24.3 Å². The van der Waals surface area contributed by atoms with E-state index in [9.17, 15) is 23.2 Å². The van der Waals surface area contributed by atoms with Crippen molar-refractivity contribution in [2.24, 2.45) is 11.7 Å². The van der Waals surface area contributed by atoms with Crippen molar-refractivity contribution in [2.45, 2.75) is 32.5 Å². The monoisotopic (exact) mass is 385 g/mol. The first kappa shape index (κ1) is 20.4. The average molecular weight is 385 g/mol. The number of carbonyl (C=O) groups is 3. The minimum atomic E-state index is -2.93. The van der Waals surface area contributed by atoms with Crippen LogP contribution in [0.3, 0.4) is 0 Å². The molecule has 0 unspecified atom stereocenters. The van der Waals surface area contributed by atoms with Crippen molar-refractivity contribution in [3.63, 3.8) is 0 Å². The Kier molecular flexibility index (Phi) is 6.91. The Bertz CT molecular complexity index is 676. The first-order chi connectivity index (χ1) is 12.8. The molecule has 3 amide bonds. The third kappa shape index (κ3) is 6.08. The maximum absolute atomic E-state index is 12.2. The summed E-state index contributed by atoms with van der Waals surface area (Å²) >= 11 is 0. The van der Waals surface area contributed by atoms with Gasteiger partial charge >= 0.3 is 18.6 Å². The van der Waals surface area contributed by atoms with E-state index in [1.807, 2.05) is 0 Å². The van der Waals surface area contributed by atoms with Crippen LogP contribution in [0.4, 0.5) is 19.3 Å². The van der Waals surface area contributed by atoms with Gasteiger partial charge in [0, 0.05) is 18.8 Å². The number of anilines is 1. The van der Waals surface area contributed by atoms with Gasteiger partial charge in [0.25, 0.3) is 5.91 Å². The SMILES string of the molecule is C[C@H](OC(=O)C1CCN(C(N)=O)CC1)C(=O)Nc1ccc(OC(F)F)cc1. The van der Waals surface area contributed by atoms with Gasteiger partial charge in [-0.1, -0.05) is 0 Å². The maximum Gasteiger partial charge on any atom is 0.387 e. The molecule has 27 heavy (non-hydrogen) atoms. The molecule has 1 aromatic carbocycles. The lowest BCUT2D eigenvalue weighted by molar-refractivity contribution is -0.158. The topological polar surface area (TPSA) is 111 Å². The molecule has 1 atom stereocenters. The number of halogens is 2. The smallest absolute Gasteiger partial charge is 0.387 e. The predicted molar refractivity (Wildman–Crippen MR) is 91.1 cm³/mol. The van der Waals surface area contributed by atoms with Crippen molar-refractivity contribution in [1.82, 2.24) is 4.90 Å². The summed E-state index contributed by atoms with van der Waals surface area (Å²) in [6.07, 6.45) is -0.202. The zero-order valence-electron chi connectivity index (χ0n) is 14.7. The molecule has 1 saturated heterocycles. The fourth-order valence-corrected chi connectivity index (χ4v) is 2.62. The van der Waals surface area contributed by atoms with Gasteiger partial charge in [0.2, 0.25) is 0 Å². The molecule has 0 bridgehead atoms. The highest BCUT2D eigenvalue weighted by molar-refractivity contribution is 5.95. The number of rotatable bonds is 6. The van der Waals surface area contributed by atoms with Gasteiger partial charge in [-0.25, -0.2) is 4.79 Å². The van der Waals surface area contributed by atoms with Gasteiger partial charge in [-0.05, 0) is 44.0 Å². The molecular formula is C17H21F2N3O5. The molecule has 0 radical (unpaired) electrons. The molecule has 1 aromatic rings. The van der Waals surface area contributed by atoms with Crippen LogP contribution in [0, 0.1) is 5.92 Å². The van der Waals surface area contributed by atoms with Crippen LogP contribution in [0.25, 0.3) is 0 Å². The van der Waals surface area contributed by atoms with E-state index in [-0.39, 0.29) is 5.75 Å². The van der Waals surface area contributed by atoms with Crippen LogP contribution in [-0.2, 0) is 14.3 Å². The molecular weight excluding hydrogens is 364 g/mol. The lowest BCUT2D eigenvalue weighted by Crippen LogP contribution is -2.44. The lowest BCUT2D eigenvalue weighted by Gasteiger charge is -2.30. The third-order valence-corrected chi connectivity index (χ3v) is 4.15. The first-order valence-corrected chi connectivity index (χ1v) is 8.37. The van der Waals surface area contributed by atoms with E-state index in [1.165, 1.54) is 36.1 Å². The number of benzene rings is 1. The summed E-state index contributed by atoms with van der Waals surface area (Å²) in [6, 6.07) is 4.82. The summed E-state index contributed by atoms with van der Waals surface area (Å²) in [5.41, 5.74) is 5.53. The Labute approximate surface area is 154 Å². The van der Waals surface area contributed by atoms with Gasteiger partial charge in [-0.2, -0.15) is 8.78 Å². The van der Waals surface area contributed by atoms with Crippen LogP contribution in [0.2, 0.25) is 0 Å². The van der Waals surface area contributed by atoms with Crippen molar-refractivity contribution in [1.29, 1.82) is 0 Å². The van der Waals surface area contributed by atoms with E-state index < -0.39 is 36.5 Å². The summed E-state index contributed by atoms with van der Waals surface area (Å²) < 4.78 is 33.6. The van der Waals surface area contributed by atoms with Gasteiger partial charge < -0.3 is 25.4 Å². The Morgan fingerprint density at radius 2 is 1.78 bits per heavy atom. The van der Waals surface area contributed by atoms with E-state index >= 15 is 0 Å². The van der Waals surface area contributed by atoms with Crippen LogP contribution in [0.1, 0.15) is 19.8 Å². The highest BCUT2D eigenvalue weighted by Gasteiger charge is 2.29. The fourth-order valence-electron chi connectivity index (χ4n) is 2.62. The van der Waals surface area contributed by atoms with E-state index in [2.05, 4.69) is 10.1 Å². The number of hydrogen-bond acceptors (Lipinski definition) is 5. The number of ether oxygens (including phenoxy) is 2. The number of carbonyl (C=O) groups excluding carboxylic acids is 3. The Hall–Kier alpha value is -2.91. The van der Waals surface area contributed by atoms with Gasteiger partial charge in [-0.3, -0.25) is 9.59 Å². The molecule has 0 saturated carbocycles.